The van der Waals surface area contributed by atoms with Crippen molar-refractivity contribution >= 4 is 28.3 Å². The highest BCUT2D eigenvalue weighted by molar-refractivity contribution is 5.97. The van der Waals surface area contributed by atoms with E-state index in [0.717, 1.165) is 22.0 Å². The van der Waals surface area contributed by atoms with E-state index in [1.54, 1.807) is 0 Å². The maximum atomic E-state index is 12.9. The third-order valence-corrected chi connectivity index (χ3v) is 4.67. The van der Waals surface area contributed by atoms with E-state index in [4.69, 9.17) is 11.5 Å². The van der Waals surface area contributed by atoms with Gasteiger partial charge in [-0.25, -0.2) is 0 Å². The highest BCUT2D eigenvalue weighted by Gasteiger charge is 2.18. The van der Waals surface area contributed by atoms with Gasteiger partial charge in [0.2, 0.25) is 5.91 Å². The van der Waals surface area contributed by atoms with E-state index < -0.39 is 0 Å². The zero-order valence-corrected chi connectivity index (χ0v) is 16.3. The largest absolute Gasteiger partial charge is 0.370 e. The number of amides is 1. The van der Waals surface area contributed by atoms with Gasteiger partial charge >= 0.3 is 0 Å². The van der Waals surface area contributed by atoms with Gasteiger partial charge in [-0.05, 0) is 41.3 Å². The van der Waals surface area contributed by atoms with Crippen molar-refractivity contribution in [2.45, 2.75) is 25.4 Å². The summed E-state index contributed by atoms with van der Waals surface area (Å²) in [5.74, 6) is 0.000298. The molecular weight excluding hydrogens is 362 g/mol. The molecule has 0 aliphatic heterocycles. The van der Waals surface area contributed by atoms with E-state index in [9.17, 15) is 4.79 Å². The van der Waals surface area contributed by atoms with Crippen LogP contribution >= 0.6 is 0 Å². The Hall–Kier alpha value is -3.38. The molecule has 3 aromatic carbocycles. The quantitative estimate of drug-likeness (QED) is 0.256. The second-order valence-electron chi connectivity index (χ2n) is 6.92. The number of hydrogen-bond donors (Lipinski definition) is 4. The van der Waals surface area contributed by atoms with Gasteiger partial charge in [0.25, 0.3) is 0 Å². The van der Waals surface area contributed by atoms with Crippen molar-refractivity contribution in [1.29, 1.82) is 0 Å². The number of hydrogen-bond acceptors (Lipinski definition) is 3. The van der Waals surface area contributed by atoms with Crippen LogP contribution in [-0.2, 0) is 11.3 Å². The number of nitrogens with two attached hydrogens (primary N) is 2. The van der Waals surface area contributed by atoms with Crippen molar-refractivity contribution in [3.8, 4) is 0 Å². The minimum absolute atomic E-state index is 0.0686. The number of benzene rings is 3. The smallest absolute Gasteiger partial charge is 0.241 e. The van der Waals surface area contributed by atoms with Crippen molar-refractivity contribution in [2.24, 2.45) is 16.5 Å². The number of guanidine groups is 1. The summed E-state index contributed by atoms with van der Waals surface area (Å²) in [5.41, 5.74) is 12.7. The molecule has 1 atom stereocenters. The summed E-state index contributed by atoms with van der Waals surface area (Å²) in [7, 11) is 0. The van der Waals surface area contributed by atoms with Crippen molar-refractivity contribution in [1.82, 2.24) is 5.32 Å². The number of rotatable bonds is 9. The highest BCUT2D eigenvalue weighted by Crippen LogP contribution is 2.19. The fourth-order valence-corrected chi connectivity index (χ4v) is 3.16. The lowest BCUT2D eigenvalue weighted by molar-refractivity contribution is -0.118. The minimum Gasteiger partial charge on any atom is -0.370 e. The predicted molar refractivity (Wildman–Crippen MR) is 120 cm³/mol. The van der Waals surface area contributed by atoms with Gasteiger partial charge in [0.05, 0.1) is 6.04 Å². The molecule has 6 heteroatoms. The molecule has 0 aliphatic rings. The predicted octanol–water partition coefficient (Wildman–Crippen LogP) is 2.99. The first-order valence-electron chi connectivity index (χ1n) is 9.74. The SMILES string of the molecule is NC(N)=NCCC[C@H](NCc1ccccc1)C(=O)Nc1ccc2ccccc2c1. The van der Waals surface area contributed by atoms with Crippen LogP contribution in [0.2, 0.25) is 0 Å². The zero-order valence-electron chi connectivity index (χ0n) is 16.3. The van der Waals surface area contributed by atoms with E-state index in [1.807, 2.05) is 66.7 Å². The lowest BCUT2D eigenvalue weighted by Gasteiger charge is -2.18. The highest BCUT2D eigenvalue weighted by atomic mass is 16.2. The number of nitrogens with zero attached hydrogens (tertiary/aromatic N) is 1. The monoisotopic (exact) mass is 389 g/mol. The summed E-state index contributed by atoms with van der Waals surface area (Å²) in [6.45, 7) is 1.11. The van der Waals surface area contributed by atoms with E-state index in [1.165, 1.54) is 0 Å². The summed E-state index contributed by atoms with van der Waals surface area (Å²) in [4.78, 5) is 16.9. The van der Waals surface area contributed by atoms with Crippen molar-refractivity contribution < 1.29 is 4.79 Å². The molecule has 3 aromatic rings. The van der Waals surface area contributed by atoms with Crippen LogP contribution in [-0.4, -0.2) is 24.5 Å². The average molecular weight is 390 g/mol. The molecule has 0 heterocycles. The van der Waals surface area contributed by atoms with Gasteiger partial charge in [0.1, 0.15) is 0 Å². The molecule has 0 spiro atoms. The van der Waals surface area contributed by atoms with E-state index >= 15 is 0 Å². The lowest BCUT2D eigenvalue weighted by Crippen LogP contribution is -2.40. The van der Waals surface area contributed by atoms with Crippen molar-refractivity contribution in [3.63, 3.8) is 0 Å². The maximum absolute atomic E-state index is 12.9. The van der Waals surface area contributed by atoms with Gasteiger partial charge in [-0.3, -0.25) is 9.79 Å². The molecule has 6 N–H and O–H groups in total. The fourth-order valence-electron chi connectivity index (χ4n) is 3.16. The van der Waals surface area contributed by atoms with Gasteiger partial charge in [0, 0.05) is 18.8 Å². The second kappa shape index (κ2) is 10.2. The van der Waals surface area contributed by atoms with Gasteiger partial charge in [0.15, 0.2) is 5.96 Å². The number of fused-ring (bicyclic) bond motifs is 1. The lowest BCUT2D eigenvalue weighted by atomic mass is 10.1. The number of carbonyl (C=O) groups excluding carboxylic acids is 1. The van der Waals surface area contributed by atoms with E-state index in [-0.39, 0.29) is 17.9 Å². The third-order valence-electron chi connectivity index (χ3n) is 4.67. The van der Waals surface area contributed by atoms with Crippen molar-refractivity contribution in [2.75, 3.05) is 11.9 Å². The topological polar surface area (TPSA) is 106 Å². The van der Waals surface area contributed by atoms with Crippen LogP contribution in [0, 0.1) is 0 Å². The molecule has 0 aromatic heterocycles. The van der Waals surface area contributed by atoms with Crippen molar-refractivity contribution in [3.05, 3.63) is 78.4 Å². The zero-order chi connectivity index (χ0) is 20.5. The fraction of sp³-hybridized carbons (Fsp3) is 0.217. The van der Waals surface area contributed by atoms with Crippen LogP contribution in [0.4, 0.5) is 5.69 Å². The van der Waals surface area contributed by atoms with Crippen LogP contribution in [0.5, 0.6) is 0 Å². The van der Waals surface area contributed by atoms with E-state index in [2.05, 4.69) is 21.7 Å². The molecule has 0 fully saturated rings. The third kappa shape index (κ3) is 6.33. The summed E-state index contributed by atoms with van der Waals surface area (Å²) < 4.78 is 0. The standard InChI is InChI=1S/C23H27N5O/c24-23(25)26-14-6-11-21(27-16-17-7-2-1-3-8-17)22(29)28-20-13-12-18-9-4-5-10-19(18)15-20/h1-5,7-10,12-13,15,21,27H,6,11,14,16H2,(H,28,29)(H4,24,25,26)/t21-/m0/s1. The average Bonchev–Trinajstić information content (AvgIpc) is 2.73. The number of nitrogens with one attached hydrogen (secondary N) is 2. The number of carbonyl (C=O) groups is 1. The molecule has 0 saturated heterocycles. The molecule has 6 nitrogen and oxygen atoms in total. The number of aliphatic imine (C=N–C) groups is 1. The number of anilines is 1. The van der Waals surface area contributed by atoms with Gasteiger partial charge in [-0.15, -0.1) is 0 Å². The first-order valence-corrected chi connectivity index (χ1v) is 9.74. The molecule has 0 aliphatic carbocycles. The van der Waals surface area contributed by atoms with Gasteiger partial charge < -0.3 is 22.1 Å². The molecule has 29 heavy (non-hydrogen) atoms. The van der Waals surface area contributed by atoms with Crippen LogP contribution in [0.3, 0.4) is 0 Å². The summed E-state index contributed by atoms with van der Waals surface area (Å²) in [6.07, 6.45) is 1.33. The molecule has 1 amide bonds. The summed E-state index contributed by atoms with van der Waals surface area (Å²) in [5, 5.41) is 8.62. The first kappa shape index (κ1) is 20.4. The molecule has 0 radical (unpaired) electrons. The van der Waals surface area contributed by atoms with Gasteiger partial charge in [-0.2, -0.15) is 0 Å². The van der Waals surface area contributed by atoms with E-state index in [0.29, 0.717) is 25.9 Å². The van der Waals surface area contributed by atoms with Crippen LogP contribution in [0.1, 0.15) is 18.4 Å². The first-order chi connectivity index (χ1) is 14.1. The molecule has 0 unspecified atom stereocenters. The molecule has 0 saturated carbocycles. The molecule has 150 valence electrons. The van der Waals surface area contributed by atoms with Gasteiger partial charge in [-0.1, -0.05) is 60.7 Å². The second-order valence-corrected chi connectivity index (χ2v) is 6.92. The van der Waals surface area contributed by atoms with Crippen LogP contribution in [0.15, 0.2) is 77.8 Å². The Morgan fingerprint density at radius 3 is 2.41 bits per heavy atom. The molecule has 0 bridgehead atoms. The van der Waals surface area contributed by atoms with Crippen LogP contribution < -0.4 is 22.1 Å². The molecular formula is C23H27N5O. The minimum atomic E-state index is -0.351. The Morgan fingerprint density at radius 2 is 1.66 bits per heavy atom. The summed E-state index contributed by atoms with van der Waals surface area (Å²) in [6, 6.07) is 23.7. The maximum Gasteiger partial charge on any atom is 0.241 e. The van der Waals surface area contributed by atoms with Crippen LogP contribution in [0.25, 0.3) is 10.8 Å². The summed E-state index contributed by atoms with van der Waals surface area (Å²) >= 11 is 0. The Balaban J connectivity index is 1.66. The Kier molecular flexibility index (Phi) is 7.19. The Bertz CT molecular complexity index is 967. The molecule has 3 rings (SSSR count). The normalized spacial score (nSPS) is 11.7. The Labute approximate surface area is 171 Å². The Morgan fingerprint density at radius 1 is 0.931 bits per heavy atom.